The molecule has 0 aliphatic carbocycles. The van der Waals surface area contributed by atoms with Gasteiger partial charge in [-0.3, -0.25) is 0 Å². The molecule has 0 amide bonds. The van der Waals surface area contributed by atoms with Crippen molar-refractivity contribution in [3.05, 3.63) is 45.1 Å². The summed E-state index contributed by atoms with van der Waals surface area (Å²) in [5.74, 6) is 0.930. The van der Waals surface area contributed by atoms with Gasteiger partial charge < -0.3 is 10.1 Å². The Morgan fingerprint density at radius 1 is 1.22 bits per heavy atom. The Hall–Kier alpha value is -1.00. The molecule has 1 aromatic heterocycles. The van der Waals surface area contributed by atoms with Crippen LogP contribution in [0.1, 0.15) is 18.2 Å². The second-order valence-electron chi connectivity index (χ2n) is 3.92. The predicted octanol–water partition coefficient (Wildman–Crippen LogP) is 4.91. The van der Waals surface area contributed by atoms with Gasteiger partial charge in [0.25, 0.3) is 0 Å². The average Bonchev–Trinajstić information content (AvgIpc) is 2.81. The number of thiophene rings is 1. The number of halogens is 1. The summed E-state index contributed by atoms with van der Waals surface area (Å²) in [4.78, 5) is 1.31. The molecule has 0 unspecified atom stereocenters. The maximum atomic E-state index is 5.55. The summed E-state index contributed by atoms with van der Waals surface area (Å²) in [6, 6.07) is 10.2. The molecule has 0 saturated heterocycles. The number of ether oxygens (including phenoxy) is 1. The lowest BCUT2D eigenvalue weighted by molar-refractivity contribution is 0.317. The van der Waals surface area contributed by atoms with E-state index in [1.54, 1.807) is 11.3 Å². The van der Waals surface area contributed by atoms with Gasteiger partial charge in [0, 0.05) is 15.0 Å². The van der Waals surface area contributed by atoms with Crippen molar-refractivity contribution >= 4 is 33.0 Å². The maximum Gasteiger partial charge on any atom is 0.119 e. The fourth-order valence-electron chi connectivity index (χ4n) is 1.52. The lowest BCUT2D eigenvalue weighted by atomic mass is 10.3. The summed E-state index contributed by atoms with van der Waals surface area (Å²) in [7, 11) is 0. The molecular formula is C14H16BrNOS. The van der Waals surface area contributed by atoms with Gasteiger partial charge in [0.15, 0.2) is 0 Å². The van der Waals surface area contributed by atoms with Crippen molar-refractivity contribution in [2.75, 3.05) is 11.9 Å². The molecule has 1 N–H and O–H groups in total. The summed E-state index contributed by atoms with van der Waals surface area (Å²) >= 11 is 5.28. The molecule has 0 atom stereocenters. The van der Waals surface area contributed by atoms with Crippen LogP contribution in [0.25, 0.3) is 0 Å². The van der Waals surface area contributed by atoms with E-state index in [4.69, 9.17) is 4.74 Å². The topological polar surface area (TPSA) is 21.3 Å². The minimum Gasteiger partial charge on any atom is -0.494 e. The van der Waals surface area contributed by atoms with E-state index in [0.717, 1.165) is 31.0 Å². The highest BCUT2D eigenvalue weighted by molar-refractivity contribution is 9.10. The lowest BCUT2D eigenvalue weighted by Crippen LogP contribution is -1.98. The maximum absolute atomic E-state index is 5.55. The third kappa shape index (κ3) is 3.75. The molecule has 2 rings (SSSR count). The zero-order valence-corrected chi connectivity index (χ0v) is 12.7. The minimum absolute atomic E-state index is 0.773. The first-order chi connectivity index (χ1) is 8.79. The van der Waals surface area contributed by atoms with E-state index < -0.39 is 0 Å². The smallest absolute Gasteiger partial charge is 0.119 e. The SMILES string of the molecule is CCCOc1ccc(NCc2sccc2Br)cc1. The standard InChI is InChI=1S/C14H16BrNOS/c1-2-8-17-12-5-3-11(4-6-12)16-10-14-13(15)7-9-18-14/h3-7,9,16H,2,8,10H2,1H3. The number of nitrogens with one attached hydrogen (secondary N) is 1. The van der Waals surface area contributed by atoms with Crippen molar-refractivity contribution in [2.45, 2.75) is 19.9 Å². The molecule has 0 spiro atoms. The third-order valence-corrected chi connectivity index (χ3v) is 4.40. The number of anilines is 1. The first-order valence-corrected chi connectivity index (χ1v) is 7.65. The van der Waals surface area contributed by atoms with Crippen LogP contribution >= 0.6 is 27.3 Å². The van der Waals surface area contributed by atoms with E-state index in [1.807, 2.05) is 24.3 Å². The first kappa shape index (κ1) is 13.4. The monoisotopic (exact) mass is 325 g/mol. The zero-order chi connectivity index (χ0) is 12.8. The molecule has 1 aromatic carbocycles. The van der Waals surface area contributed by atoms with Gasteiger partial charge in [0.2, 0.25) is 0 Å². The average molecular weight is 326 g/mol. The Kier molecular flexibility index (Phi) is 5.08. The van der Waals surface area contributed by atoms with Crippen molar-refractivity contribution in [3.8, 4) is 5.75 Å². The van der Waals surface area contributed by atoms with E-state index in [0.29, 0.717) is 0 Å². The minimum atomic E-state index is 0.773. The second-order valence-corrected chi connectivity index (χ2v) is 5.77. The van der Waals surface area contributed by atoms with Crippen LogP contribution in [0, 0.1) is 0 Å². The molecule has 2 aromatic rings. The zero-order valence-electron chi connectivity index (χ0n) is 10.3. The summed E-state index contributed by atoms with van der Waals surface area (Å²) < 4.78 is 6.72. The summed E-state index contributed by atoms with van der Waals surface area (Å²) in [6.07, 6.45) is 1.03. The second kappa shape index (κ2) is 6.81. The van der Waals surface area contributed by atoms with Crippen LogP contribution in [0.15, 0.2) is 40.2 Å². The number of hydrogen-bond acceptors (Lipinski definition) is 3. The quantitative estimate of drug-likeness (QED) is 0.814. The Morgan fingerprint density at radius 2 is 2.00 bits per heavy atom. The van der Waals surface area contributed by atoms with Crippen LogP contribution in [0.3, 0.4) is 0 Å². The van der Waals surface area contributed by atoms with Gasteiger partial charge in [-0.25, -0.2) is 0 Å². The van der Waals surface area contributed by atoms with Crippen LogP contribution in [-0.2, 0) is 6.54 Å². The van der Waals surface area contributed by atoms with Crippen molar-refractivity contribution in [3.63, 3.8) is 0 Å². The van der Waals surface area contributed by atoms with E-state index in [2.05, 4.69) is 39.6 Å². The highest BCUT2D eigenvalue weighted by Crippen LogP contribution is 2.24. The molecule has 0 aliphatic heterocycles. The summed E-state index contributed by atoms with van der Waals surface area (Å²) in [6.45, 7) is 3.72. The molecule has 0 bridgehead atoms. The molecule has 2 nitrogen and oxygen atoms in total. The van der Waals surface area contributed by atoms with Gasteiger partial charge in [-0.2, -0.15) is 0 Å². The van der Waals surface area contributed by atoms with Gasteiger partial charge in [-0.05, 0) is 58.1 Å². The van der Waals surface area contributed by atoms with Crippen LogP contribution in [0.4, 0.5) is 5.69 Å². The van der Waals surface area contributed by atoms with Crippen molar-refractivity contribution < 1.29 is 4.74 Å². The Bertz CT molecular complexity index is 481. The Labute approximate surface area is 120 Å². The van der Waals surface area contributed by atoms with Crippen LogP contribution in [-0.4, -0.2) is 6.61 Å². The Morgan fingerprint density at radius 3 is 2.61 bits per heavy atom. The largest absolute Gasteiger partial charge is 0.494 e. The summed E-state index contributed by atoms with van der Waals surface area (Å²) in [5, 5.41) is 5.48. The van der Waals surface area contributed by atoms with Crippen LogP contribution in [0.2, 0.25) is 0 Å². The van der Waals surface area contributed by atoms with Gasteiger partial charge >= 0.3 is 0 Å². The van der Waals surface area contributed by atoms with Gasteiger partial charge in [-0.1, -0.05) is 6.92 Å². The van der Waals surface area contributed by atoms with Crippen LogP contribution in [0.5, 0.6) is 5.75 Å². The normalized spacial score (nSPS) is 10.3. The lowest BCUT2D eigenvalue weighted by Gasteiger charge is -2.08. The van der Waals surface area contributed by atoms with E-state index in [-0.39, 0.29) is 0 Å². The number of hydrogen-bond donors (Lipinski definition) is 1. The summed E-state index contributed by atoms with van der Waals surface area (Å²) in [5.41, 5.74) is 1.11. The van der Waals surface area contributed by atoms with E-state index >= 15 is 0 Å². The molecule has 1 heterocycles. The molecule has 18 heavy (non-hydrogen) atoms. The highest BCUT2D eigenvalue weighted by atomic mass is 79.9. The molecule has 0 saturated carbocycles. The predicted molar refractivity (Wildman–Crippen MR) is 81.6 cm³/mol. The third-order valence-electron chi connectivity index (χ3n) is 2.47. The van der Waals surface area contributed by atoms with Gasteiger partial charge in [0.1, 0.15) is 5.75 Å². The first-order valence-electron chi connectivity index (χ1n) is 5.98. The van der Waals surface area contributed by atoms with Crippen molar-refractivity contribution in [1.29, 1.82) is 0 Å². The molecule has 0 fully saturated rings. The van der Waals surface area contributed by atoms with E-state index in [9.17, 15) is 0 Å². The molecule has 0 aliphatic rings. The van der Waals surface area contributed by atoms with Crippen molar-refractivity contribution in [2.24, 2.45) is 0 Å². The number of benzene rings is 1. The molecule has 4 heteroatoms. The number of rotatable bonds is 6. The fraction of sp³-hybridized carbons (Fsp3) is 0.286. The molecular weight excluding hydrogens is 310 g/mol. The highest BCUT2D eigenvalue weighted by Gasteiger charge is 2.01. The van der Waals surface area contributed by atoms with E-state index in [1.165, 1.54) is 9.35 Å². The molecule has 96 valence electrons. The molecule has 0 radical (unpaired) electrons. The van der Waals surface area contributed by atoms with Gasteiger partial charge in [-0.15, -0.1) is 11.3 Å². The van der Waals surface area contributed by atoms with Crippen LogP contribution < -0.4 is 10.1 Å². The van der Waals surface area contributed by atoms with Crippen molar-refractivity contribution in [1.82, 2.24) is 0 Å². The fourth-order valence-corrected chi connectivity index (χ4v) is 2.95. The Balaban J connectivity index is 1.88. The van der Waals surface area contributed by atoms with Gasteiger partial charge in [0.05, 0.1) is 13.2 Å².